The van der Waals surface area contributed by atoms with E-state index in [9.17, 15) is 9.59 Å². The third-order valence-corrected chi connectivity index (χ3v) is 4.09. The summed E-state index contributed by atoms with van der Waals surface area (Å²) in [6.07, 6.45) is 2.88. The highest BCUT2D eigenvalue weighted by Crippen LogP contribution is 2.33. The molecule has 0 aliphatic rings. The smallest absolute Gasteiger partial charge is 0.251 e. The van der Waals surface area contributed by atoms with E-state index >= 15 is 0 Å². The van der Waals surface area contributed by atoms with Crippen LogP contribution in [0.1, 0.15) is 31.8 Å². The van der Waals surface area contributed by atoms with E-state index in [1.54, 1.807) is 43.5 Å². The van der Waals surface area contributed by atoms with Crippen molar-refractivity contribution in [2.75, 3.05) is 20.8 Å². The van der Waals surface area contributed by atoms with Gasteiger partial charge in [-0.05, 0) is 42.7 Å². The van der Waals surface area contributed by atoms with Gasteiger partial charge in [-0.1, -0.05) is 18.2 Å². The zero-order valence-electron chi connectivity index (χ0n) is 15.6. The molecule has 142 valence electrons. The van der Waals surface area contributed by atoms with Gasteiger partial charge in [0.05, 0.1) is 14.2 Å². The molecule has 2 aromatic carbocycles. The van der Waals surface area contributed by atoms with Crippen molar-refractivity contribution >= 4 is 11.8 Å². The molecule has 0 aromatic heterocycles. The minimum absolute atomic E-state index is 0.215. The number of methoxy groups -OCH3 is 2. The lowest BCUT2D eigenvalue weighted by molar-refractivity contribution is 0.0952. The van der Waals surface area contributed by atoms with Gasteiger partial charge in [-0.15, -0.1) is 6.58 Å². The molecule has 0 spiro atoms. The molecule has 0 radical (unpaired) electrons. The van der Waals surface area contributed by atoms with Crippen LogP contribution in [0.3, 0.4) is 0 Å². The maximum Gasteiger partial charge on any atom is 0.251 e. The minimum Gasteiger partial charge on any atom is -0.493 e. The summed E-state index contributed by atoms with van der Waals surface area (Å²) in [6, 6.07) is 10.5. The number of nitrogens with two attached hydrogens (primary N) is 1. The van der Waals surface area contributed by atoms with Gasteiger partial charge in [-0.3, -0.25) is 9.59 Å². The van der Waals surface area contributed by atoms with Crippen LogP contribution in [-0.4, -0.2) is 32.6 Å². The largest absolute Gasteiger partial charge is 0.493 e. The molecule has 2 rings (SSSR count). The summed E-state index contributed by atoms with van der Waals surface area (Å²) >= 11 is 0. The van der Waals surface area contributed by atoms with E-state index in [-0.39, 0.29) is 5.91 Å². The third-order valence-electron chi connectivity index (χ3n) is 4.09. The van der Waals surface area contributed by atoms with Crippen molar-refractivity contribution in [1.29, 1.82) is 0 Å². The lowest BCUT2D eigenvalue weighted by Gasteiger charge is -2.14. The Balaban J connectivity index is 2.09. The van der Waals surface area contributed by atoms with Crippen molar-refractivity contribution in [1.82, 2.24) is 5.32 Å². The van der Waals surface area contributed by atoms with E-state index in [1.165, 1.54) is 7.11 Å². The number of hydrogen-bond donors (Lipinski definition) is 2. The standard InChI is InChI=1S/C21H24N2O4/c1-4-6-15-12-17(13-18(26-2)19(15)27-3)21(25)23-10-9-14-7-5-8-16(11-14)20(22)24/h4-5,7-8,11-13H,1,6,9-10H2,2-3H3,(H2,22,24)(H,23,25). The van der Waals surface area contributed by atoms with Gasteiger partial charge in [0.15, 0.2) is 11.5 Å². The van der Waals surface area contributed by atoms with Crippen molar-refractivity contribution in [3.8, 4) is 11.5 Å². The van der Waals surface area contributed by atoms with Crippen molar-refractivity contribution in [3.63, 3.8) is 0 Å². The van der Waals surface area contributed by atoms with Crippen LogP contribution in [0.5, 0.6) is 11.5 Å². The number of primary amides is 1. The number of hydrogen-bond acceptors (Lipinski definition) is 4. The molecule has 27 heavy (non-hydrogen) atoms. The monoisotopic (exact) mass is 368 g/mol. The lowest BCUT2D eigenvalue weighted by atomic mass is 10.0. The average molecular weight is 368 g/mol. The summed E-state index contributed by atoms with van der Waals surface area (Å²) in [4.78, 5) is 23.8. The normalized spacial score (nSPS) is 10.1. The van der Waals surface area contributed by atoms with Gasteiger partial charge in [-0.2, -0.15) is 0 Å². The van der Waals surface area contributed by atoms with Gasteiger partial charge in [0, 0.05) is 23.2 Å². The molecule has 2 aromatic rings. The van der Waals surface area contributed by atoms with Crippen LogP contribution < -0.4 is 20.5 Å². The second-order valence-corrected chi connectivity index (χ2v) is 5.93. The minimum atomic E-state index is -0.471. The number of carbonyl (C=O) groups excluding carboxylic acids is 2. The molecular formula is C21H24N2O4. The second kappa shape index (κ2) is 9.43. The van der Waals surface area contributed by atoms with Gasteiger partial charge in [0.1, 0.15) is 0 Å². The van der Waals surface area contributed by atoms with Crippen LogP contribution in [-0.2, 0) is 12.8 Å². The Bertz CT molecular complexity index is 846. The van der Waals surface area contributed by atoms with Crippen molar-refractivity contribution in [3.05, 3.63) is 71.3 Å². The molecule has 0 aliphatic heterocycles. The number of nitrogens with one attached hydrogen (secondary N) is 1. The van der Waals surface area contributed by atoms with Crippen molar-refractivity contribution in [2.45, 2.75) is 12.8 Å². The summed E-state index contributed by atoms with van der Waals surface area (Å²) in [6.45, 7) is 4.16. The predicted octanol–water partition coefficient (Wildman–Crippen LogP) is 2.50. The SMILES string of the molecule is C=CCc1cc(C(=O)NCCc2cccc(C(N)=O)c2)cc(OC)c1OC. The first-order valence-corrected chi connectivity index (χ1v) is 8.52. The van der Waals surface area contributed by atoms with Crippen LogP contribution in [0.2, 0.25) is 0 Å². The Labute approximate surface area is 159 Å². The Kier molecular flexibility index (Phi) is 7.00. The number of ether oxygens (including phenoxy) is 2. The molecule has 0 atom stereocenters. The van der Waals surface area contributed by atoms with E-state index in [4.69, 9.17) is 15.2 Å². The number of amides is 2. The Hall–Kier alpha value is -3.28. The number of benzene rings is 2. The van der Waals surface area contributed by atoms with E-state index in [1.807, 2.05) is 6.07 Å². The van der Waals surface area contributed by atoms with Crippen LogP contribution in [0.25, 0.3) is 0 Å². The Morgan fingerprint density at radius 1 is 1.15 bits per heavy atom. The van der Waals surface area contributed by atoms with E-state index in [0.29, 0.717) is 42.0 Å². The highest BCUT2D eigenvalue weighted by molar-refractivity contribution is 5.95. The van der Waals surface area contributed by atoms with Gasteiger partial charge >= 0.3 is 0 Å². The molecule has 6 nitrogen and oxygen atoms in total. The maximum atomic E-state index is 12.5. The fourth-order valence-electron chi connectivity index (χ4n) is 2.78. The van der Waals surface area contributed by atoms with E-state index in [2.05, 4.69) is 11.9 Å². The number of carbonyl (C=O) groups is 2. The first kappa shape index (κ1) is 20.0. The first-order valence-electron chi connectivity index (χ1n) is 8.52. The molecule has 0 saturated carbocycles. The van der Waals surface area contributed by atoms with Gasteiger partial charge in [0.25, 0.3) is 5.91 Å². The van der Waals surface area contributed by atoms with Gasteiger partial charge < -0.3 is 20.5 Å². The average Bonchev–Trinajstić information content (AvgIpc) is 2.67. The molecule has 6 heteroatoms. The lowest BCUT2D eigenvalue weighted by Crippen LogP contribution is -2.26. The molecule has 0 aliphatic carbocycles. The molecule has 0 saturated heterocycles. The Morgan fingerprint density at radius 3 is 2.56 bits per heavy atom. The summed E-state index contributed by atoms with van der Waals surface area (Å²) in [5.41, 5.74) is 7.97. The number of allylic oxidation sites excluding steroid dienone is 1. The Morgan fingerprint density at radius 2 is 1.93 bits per heavy atom. The second-order valence-electron chi connectivity index (χ2n) is 5.93. The van der Waals surface area contributed by atoms with Gasteiger partial charge in [0.2, 0.25) is 5.91 Å². The highest BCUT2D eigenvalue weighted by Gasteiger charge is 2.15. The summed E-state index contributed by atoms with van der Waals surface area (Å²) in [7, 11) is 3.09. The molecule has 2 amide bonds. The van der Waals surface area contributed by atoms with E-state index in [0.717, 1.165) is 11.1 Å². The van der Waals surface area contributed by atoms with Crippen LogP contribution >= 0.6 is 0 Å². The van der Waals surface area contributed by atoms with E-state index < -0.39 is 5.91 Å². The van der Waals surface area contributed by atoms with Gasteiger partial charge in [-0.25, -0.2) is 0 Å². The third kappa shape index (κ3) is 5.10. The summed E-state index contributed by atoms with van der Waals surface area (Å²) < 4.78 is 10.7. The highest BCUT2D eigenvalue weighted by atomic mass is 16.5. The number of rotatable bonds is 9. The fraction of sp³-hybridized carbons (Fsp3) is 0.238. The molecule has 0 fully saturated rings. The maximum absolute atomic E-state index is 12.5. The summed E-state index contributed by atoms with van der Waals surface area (Å²) in [5.74, 6) is 0.404. The molecular weight excluding hydrogens is 344 g/mol. The molecule has 0 bridgehead atoms. The fourth-order valence-corrected chi connectivity index (χ4v) is 2.78. The zero-order chi connectivity index (χ0) is 19.8. The quantitative estimate of drug-likeness (QED) is 0.666. The van der Waals surface area contributed by atoms with Crippen molar-refractivity contribution in [2.24, 2.45) is 5.73 Å². The van der Waals surface area contributed by atoms with Crippen LogP contribution in [0.15, 0.2) is 49.1 Å². The molecule has 3 N–H and O–H groups in total. The van der Waals surface area contributed by atoms with Crippen molar-refractivity contribution < 1.29 is 19.1 Å². The van der Waals surface area contributed by atoms with Crippen LogP contribution in [0, 0.1) is 0 Å². The summed E-state index contributed by atoms with van der Waals surface area (Å²) in [5, 5.41) is 2.88. The molecule has 0 heterocycles. The predicted molar refractivity (Wildman–Crippen MR) is 104 cm³/mol. The van der Waals surface area contributed by atoms with Crippen LogP contribution in [0.4, 0.5) is 0 Å². The molecule has 0 unspecified atom stereocenters. The topological polar surface area (TPSA) is 90.7 Å². The first-order chi connectivity index (χ1) is 13.0. The zero-order valence-corrected chi connectivity index (χ0v) is 15.6.